The van der Waals surface area contributed by atoms with Crippen molar-refractivity contribution in [1.82, 2.24) is 10.1 Å². The van der Waals surface area contributed by atoms with E-state index in [0.717, 1.165) is 4.90 Å². The van der Waals surface area contributed by atoms with Crippen molar-refractivity contribution in [2.75, 3.05) is 13.2 Å². The zero-order valence-electron chi connectivity index (χ0n) is 11.2. The van der Waals surface area contributed by atoms with E-state index in [2.05, 4.69) is 10.1 Å². The summed E-state index contributed by atoms with van der Waals surface area (Å²) in [6, 6.07) is 6.25. The summed E-state index contributed by atoms with van der Waals surface area (Å²) < 4.78 is 23.3. The third-order valence-corrected chi connectivity index (χ3v) is 4.31. The second-order valence-electron chi connectivity index (χ2n) is 4.83. The van der Waals surface area contributed by atoms with E-state index >= 15 is 0 Å². The molecule has 3 rings (SSSR count). The molecule has 0 spiro atoms. The van der Waals surface area contributed by atoms with Gasteiger partial charge in [0, 0.05) is 11.5 Å². The molecule has 1 aromatic heterocycles. The fourth-order valence-electron chi connectivity index (χ4n) is 2.12. The van der Waals surface area contributed by atoms with Crippen LogP contribution in [0.25, 0.3) is 0 Å². The molecule has 5 nitrogen and oxygen atoms in total. The summed E-state index contributed by atoms with van der Waals surface area (Å²) in [6.45, 7) is 0.951. The maximum absolute atomic E-state index is 12.8. The number of hydrogen-bond donors (Lipinski definition) is 1. The summed E-state index contributed by atoms with van der Waals surface area (Å²) in [4.78, 5) is 5.24. The van der Waals surface area contributed by atoms with E-state index in [1.165, 1.54) is 23.9 Å². The average Bonchev–Trinajstić information content (AvgIpc) is 2.96. The van der Waals surface area contributed by atoms with Crippen LogP contribution in [0.4, 0.5) is 4.39 Å². The lowest BCUT2D eigenvalue weighted by molar-refractivity contribution is -0.0149. The quantitative estimate of drug-likeness (QED) is 0.874. The number of aliphatic hydroxyl groups is 1. The Morgan fingerprint density at radius 3 is 2.90 bits per heavy atom. The fraction of sp³-hybridized carbons (Fsp3) is 0.429. The highest BCUT2D eigenvalue weighted by molar-refractivity contribution is 7.98. The SMILES string of the molecule is OC1CCOCC1c1nc(CSc2ccc(F)cc2)no1. The maximum Gasteiger partial charge on any atom is 0.234 e. The van der Waals surface area contributed by atoms with Gasteiger partial charge in [-0.3, -0.25) is 0 Å². The third-order valence-electron chi connectivity index (χ3n) is 3.30. The van der Waals surface area contributed by atoms with Gasteiger partial charge in [-0.2, -0.15) is 4.98 Å². The molecule has 0 bridgehead atoms. The van der Waals surface area contributed by atoms with Gasteiger partial charge in [-0.1, -0.05) is 5.16 Å². The molecule has 112 valence electrons. The molecule has 1 aliphatic heterocycles. The largest absolute Gasteiger partial charge is 0.392 e. The van der Waals surface area contributed by atoms with E-state index in [9.17, 15) is 9.50 Å². The number of nitrogens with zero attached hydrogens (tertiary/aromatic N) is 2. The van der Waals surface area contributed by atoms with Crippen LogP contribution in [0.3, 0.4) is 0 Å². The van der Waals surface area contributed by atoms with Crippen molar-refractivity contribution in [3.05, 3.63) is 41.8 Å². The van der Waals surface area contributed by atoms with Crippen LogP contribution in [0.1, 0.15) is 24.1 Å². The minimum Gasteiger partial charge on any atom is -0.392 e. The summed E-state index contributed by atoms with van der Waals surface area (Å²) >= 11 is 1.50. The Morgan fingerprint density at radius 1 is 1.33 bits per heavy atom. The molecule has 0 saturated carbocycles. The van der Waals surface area contributed by atoms with Crippen molar-refractivity contribution in [1.29, 1.82) is 0 Å². The van der Waals surface area contributed by atoms with E-state index in [1.807, 2.05) is 0 Å². The molecule has 21 heavy (non-hydrogen) atoms. The monoisotopic (exact) mass is 310 g/mol. The second-order valence-corrected chi connectivity index (χ2v) is 5.88. The van der Waals surface area contributed by atoms with Gasteiger partial charge in [-0.25, -0.2) is 4.39 Å². The van der Waals surface area contributed by atoms with Crippen molar-refractivity contribution >= 4 is 11.8 Å². The molecule has 1 fully saturated rings. The molecule has 2 atom stereocenters. The Hall–Kier alpha value is -1.44. The Bertz CT molecular complexity index is 590. The average molecular weight is 310 g/mol. The Labute approximate surface area is 125 Å². The predicted octanol–water partition coefficient (Wildman–Crippen LogP) is 2.37. The number of halogens is 1. The number of thioether (sulfide) groups is 1. The molecule has 2 unspecified atom stereocenters. The van der Waals surface area contributed by atoms with Gasteiger partial charge in [-0.15, -0.1) is 11.8 Å². The predicted molar refractivity (Wildman–Crippen MR) is 74.4 cm³/mol. The van der Waals surface area contributed by atoms with Gasteiger partial charge in [-0.05, 0) is 30.7 Å². The summed E-state index contributed by atoms with van der Waals surface area (Å²) in [6.07, 6.45) is 0.0731. The molecular weight excluding hydrogens is 295 g/mol. The van der Waals surface area contributed by atoms with Gasteiger partial charge in [0.05, 0.1) is 24.4 Å². The first-order valence-electron chi connectivity index (χ1n) is 6.69. The number of aromatic nitrogens is 2. The minimum atomic E-state index is -0.503. The molecule has 2 aromatic rings. The highest BCUT2D eigenvalue weighted by atomic mass is 32.2. The van der Waals surface area contributed by atoms with Crippen LogP contribution in [-0.2, 0) is 10.5 Å². The van der Waals surface area contributed by atoms with Crippen molar-refractivity contribution in [3.8, 4) is 0 Å². The van der Waals surface area contributed by atoms with Crippen molar-refractivity contribution in [2.24, 2.45) is 0 Å². The highest BCUT2D eigenvalue weighted by Gasteiger charge is 2.30. The van der Waals surface area contributed by atoms with Crippen molar-refractivity contribution < 1.29 is 18.8 Å². The summed E-state index contributed by atoms with van der Waals surface area (Å²) in [5.74, 6) is 0.982. The highest BCUT2D eigenvalue weighted by Crippen LogP contribution is 2.26. The number of ether oxygens (including phenoxy) is 1. The van der Waals surface area contributed by atoms with Crippen LogP contribution in [-0.4, -0.2) is 34.6 Å². The van der Waals surface area contributed by atoms with Crippen molar-refractivity contribution in [2.45, 2.75) is 29.1 Å². The lowest BCUT2D eigenvalue weighted by Gasteiger charge is -2.24. The van der Waals surface area contributed by atoms with Gasteiger partial charge in [0.15, 0.2) is 5.82 Å². The molecule has 0 radical (unpaired) electrons. The first-order chi connectivity index (χ1) is 10.2. The summed E-state index contributed by atoms with van der Waals surface area (Å²) in [5.41, 5.74) is 0. The number of hydrogen-bond acceptors (Lipinski definition) is 6. The van der Waals surface area contributed by atoms with Gasteiger partial charge < -0.3 is 14.4 Å². The maximum atomic E-state index is 12.8. The Kier molecular flexibility index (Phi) is 4.52. The van der Waals surface area contributed by atoms with E-state index in [0.29, 0.717) is 37.1 Å². The van der Waals surface area contributed by atoms with Crippen LogP contribution < -0.4 is 0 Å². The lowest BCUT2D eigenvalue weighted by Crippen LogP contribution is -2.30. The first-order valence-corrected chi connectivity index (χ1v) is 7.67. The molecule has 0 aliphatic carbocycles. The fourth-order valence-corrected chi connectivity index (χ4v) is 2.86. The smallest absolute Gasteiger partial charge is 0.234 e. The minimum absolute atomic E-state index is 0.254. The van der Waals surface area contributed by atoms with Gasteiger partial charge >= 0.3 is 0 Å². The number of rotatable bonds is 4. The van der Waals surface area contributed by atoms with Crippen molar-refractivity contribution in [3.63, 3.8) is 0 Å². The molecule has 7 heteroatoms. The van der Waals surface area contributed by atoms with Crippen LogP contribution in [0.15, 0.2) is 33.7 Å². The van der Waals surface area contributed by atoms with Gasteiger partial charge in [0.25, 0.3) is 0 Å². The molecule has 0 amide bonds. The number of aliphatic hydroxyl groups excluding tert-OH is 1. The van der Waals surface area contributed by atoms with Crippen LogP contribution >= 0.6 is 11.8 Å². The van der Waals surface area contributed by atoms with E-state index in [4.69, 9.17) is 9.26 Å². The Morgan fingerprint density at radius 2 is 2.14 bits per heavy atom. The van der Waals surface area contributed by atoms with E-state index < -0.39 is 6.10 Å². The summed E-state index contributed by atoms with van der Waals surface area (Å²) in [5, 5.41) is 13.8. The molecule has 2 heterocycles. The Balaban J connectivity index is 1.61. The molecule has 1 saturated heterocycles. The third kappa shape index (κ3) is 3.61. The van der Waals surface area contributed by atoms with E-state index in [-0.39, 0.29) is 11.7 Å². The van der Waals surface area contributed by atoms with Gasteiger partial charge in [0.1, 0.15) is 5.82 Å². The lowest BCUT2D eigenvalue weighted by atomic mass is 9.99. The molecule has 1 aromatic carbocycles. The zero-order valence-corrected chi connectivity index (χ0v) is 12.1. The van der Waals surface area contributed by atoms with Crippen LogP contribution in [0.2, 0.25) is 0 Å². The van der Waals surface area contributed by atoms with Gasteiger partial charge in [0.2, 0.25) is 5.89 Å². The molecule has 1 N–H and O–H groups in total. The normalized spacial score (nSPS) is 22.4. The number of benzene rings is 1. The second kappa shape index (κ2) is 6.55. The van der Waals surface area contributed by atoms with Crippen LogP contribution in [0.5, 0.6) is 0 Å². The molecular formula is C14H15FN2O3S. The van der Waals surface area contributed by atoms with E-state index in [1.54, 1.807) is 12.1 Å². The molecule has 1 aliphatic rings. The standard InChI is InChI=1S/C14H15FN2O3S/c15-9-1-3-10(4-2-9)21-8-13-16-14(20-17-13)11-7-19-6-5-12(11)18/h1-4,11-12,18H,5-8H2. The van der Waals surface area contributed by atoms with Crippen LogP contribution in [0, 0.1) is 5.82 Å². The first kappa shape index (κ1) is 14.5. The topological polar surface area (TPSA) is 68.4 Å². The zero-order chi connectivity index (χ0) is 14.7. The summed E-state index contributed by atoms with van der Waals surface area (Å²) in [7, 11) is 0.